The lowest BCUT2D eigenvalue weighted by atomic mass is 9.88. The second-order valence-corrected chi connectivity index (χ2v) is 5.95. The number of carbonyl (C=O) groups is 1. The largest absolute Gasteiger partial charge is 0.365 e. The lowest BCUT2D eigenvalue weighted by Gasteiger charge is -2.18. The normalized spacial score (nSPS) is 16.4. The molecule has 0 aromatic carbocycles. The molecule has 0 saturated heterocycles. The molecular weight excluding hydrogens is 272 g/mol. The maximum atomic E-state index is 11.7. The molecule has 0 unspecified atom stereocenters. The highest BCUT2D eigenvalue weighted by Crippen LogP contribution is 2.39. The van der Waals surface area contributed by atoms with Crippen molar-refractivity contribution in [2.45, 2.75) is 26.2 Å². The number of primary amides is 1. The summed E-state index contributed by atoms with van der Waals surface area (Å²) in [5.74, 6) is 0.127. The highest BCUT2D eigenvalue weighted by Gasteiger charge is 2.26. The van der Waals surface area contributed by atoms with Crippen molar-refractivity contribution >= 4 is 22.2 Å². The van der Waals surface area contributed by atoms with Crippen LogP contribution in [-0.2, 0) is 12.8 Å². The molecule has 0 spiro atoms. The molecular formula is C14H14N4OS. The van der Waals surface area contributed by atoms with E-state index < -0.39 is 5.91 Å². The number of nitrogens with two attached hydrogens (primary N) is 1. The van der Waals surface area contributed by atoms with Crippen molar-refractivity contribution < 1.29 is 4.79 Å². The first-order chi connectivity index (χ1) is 9.56. The van der Waals surface area contributed by atoms with Crippen LogP contribution in [0.2, 0.25) is 0 Å². The lowest BCUT2D eigenvalue weighted by Crippen LogP contribution is -2.17. The number of amides is 1. The minimum Gasteiger partial charge on any atom is -0.365 e. The average molecular weight is 286 g/mol. The standard InChI is InChI=1S/C14H14N4OS/c1-8-2-3-10-11(4-8)20-14(12(10)13(17)19)18-7-9(5-15)6-16/h7-8,18H,2-4H2,1H3,(H2,17,19)/t8-/m0/s1. The third-order valence-electron chi connectivity index (χ3n) is 3.35. The Morgan fingerprint density at radius 1 is 1.50 bits per heavy atom. The van der Waals surface area contributed by atoms with Crippen LogP contribution in [0.5, 0.6) is 0 Å². The summed E-state index contributed by atoms with van der Waals surface area (Å²) < 4.78 is 0. The number of rotatable bonds is 3. The number of thiophene rings is 1. The summed E-state index contributed by atoms with van der Waals surface area (Å²) in [6.45, 7) is 2.18. The molecule has 102 valence electrons. The Hall–Kier alpha value is -2.31. The molecule has 2 rings (SSSR count). The Labute approximate surface area is 121 Å². The van der Waals surface area contributed by atoms with Gasteiger partial charge in [-0.25, -0.2) is 0 Å². The van der Waals surface area contributed by atoms with Crippen molar-refractivity contribution in [3.63, 3.8) is 0 Å². The van der Waals surface area contributed by atoms with Crippen LogP contribution in [0, 0.1) is 28.6 Å². The number of nitrogens with one attached hydrogen (secondary N) is 1. The van der Waals surface area contributed by atoms with Gasteiger partial charge in [0.2, 0.25) is 0 Å². The molecule has 6 heteroatoms. The SMILES string of the molecule is C[C@H]1CCc2c(sc(NC=C(C#N)C#N)c2C(N)=O)C1. The van der Waals surface area contributed by atoms with Crippen molar-refractivity contribution in [1.82, 2.24) is 0 Å². The maximum Gasteiger partial charge on any atom is 0.251 e. The van der Waals surface area contributed by atoms with Gasteiger partial charge in [0.05, 0.1) is 5.56 Å². The van der Waals surface area contributed by atoms with Crippen molar-refractivity contribution in [2.75, 3.05) is 5.32 Å². The summed E-state index contributed by atoms with van der Waals surface area (Å²) >= 11 is 1.48. The van der Waals surface area contributed by atoms with E-state index in [0.29, 0.717) is 16.5 Å². The van der Waals surface area contributed by atoms with E-state index in [4.69, 9.17) is 16.3 Å². The van der Waals surface area contributed by atoms with Crippen molar-refractivity contribution in [3.05, 3.63) is 27.8 Å². The summed E-state index contributed by atoms with van der Waals surface area (Å²) in [6, 6.07) is 3.53. The number of nitrogens with zero attached hydrogens (tertiary/aromatic N) is 2. The summed E-state index contributed by atoms with van der Waals surface area (Å²) in [5.41, 5.74) is 6.95. The molecule has 0 fully saturated rings. The van der Waals surface area contributed by atoms with E-state index in [2.05, 4.69) is 12.2 Å². The Kier molecular flexibility index (Phi) is 4.07. The second kappa shape index (κ2) is 5.77. The molecule has 20 heavy (non-hydrogen) atoms. The number of hydrogen-bond donors (Lipinski definition) is 2. The average Bonchev–Trinajstić information content (AvgIpc) is 2.77. The molecule has 1 heterocycles. The van der Waals surface area contributed by atoms with Gasteiger partial charge in [-0.15, -0.1) is 11.3 Å². The first-order valence-corrected chi connectivity index (χ1v) is 7.09. The van der Waals surface area contributed by atoms with Gasteiger partial charge in [-0.3, -0.25) is 4.79 Å². The number of hydrogen-bond acceptors (Lipinski definition) is 5. The van der Waals surface area contributed by atoms with Crippen LogP contribution in [-0.4, -0.2) is 5.91 Å². The second-order valence-electron chi connectivity index (χ2n) is 4.85. The number of anilines is 1. The Morgan fingerprint density at radius 2 is 2.20 bits per heavy atom. The van der Waals surface area contributed by atoms with E-state index in [1.807, 2.05) is 0 Å². The highest BCUT2D eigenvalue weighted by atomic mass is 32.1. The first-order valence-electron chi connectivity index (χ1n) is 6.28. The number of fused-ring (bicyclic) bond motifs is 1. The minimum atomic E-state index is -0.469. The third kappa shape index (κ3) is 2.66. The molecule has 1 aliphatic carbocycles. The van der Waals surface area contributed by atoms with E-state index in [-0.39, 0.29) is 5.57 Å². The van der Waals surface area contributed by atoms with Crippen molar-refractivity contribution in [3.8, 4) is 12.1 Å². The molecule has 1 atom stereocenters. The number of carbonyl (C=O) groups excluding carboxylic acids is 1. The summed E-state index contributed by atoms with van der Waals surface area (Å²) in [6.07, 6.45) is 4.14. The molecule has 3 N–H and O–H groups in total. The summed E-state index contributed by atoms with van der Waals surface area (Å²) in [5, 5.41) is 20.9. The zero-order chi connectivity index (χ0) is 14.7. The van der Waals surface area contributed by atoms with Crippen LogP contribution < -0.4 is 11.1 Å². The summed E-state index contributed by atoms with van der Waals surface area (Å²) in [4.78, 5) is 12.8. The van der Waals surface area contributed by atoms with Crippen LogP contribution in [0.3, 0.4) is 0 Å². The zero-order valence-corrected chi connectivity index (χ0v) is 11.9. The van der Waals surface area contributed by atoms with E-state index in [1.165, 1.54) is 22.4 Å². The van der Waals surface area contributed by atoms with Gasteiger partial charge < -0.3 is 11.1 Å². The number of nitriles is 2. The monoisotopic (exact) mass is 286 g/mol. The van der Waals surface area contributed by atoms with Crippen molar-refractivity contribution in [1.29, 1.82) is 10.5 Å². The van der Waals surface area contributed by atoms with Gasteiger partial charge in [0.15, 0.2) is 0 Å². The van der Waals surface area contributed by atoms with Gasteiger partial charge in [0, 0.05) is 11.1 Å². The molecule has 1 aliphatic rings. The fourth-order valence-corrected chi connectivity index (χ4v) is 3.73. The lowest BCUT2D eigenvalue weighted by molar-refractivity contribution is 0.1000. The molecule has 0 aliphatic heterocycles. The predicted octanol–water partition coefficient (Wildman–Crippen LogP) is 2.31. The molecule has 1 aromatic heterocycles. The van der Waals surface area contributed by atoms with Gasteiger partial charge in [-0.2, -0.15) is 10.5 Å². The van der Waals surface area contributed by atoms with Crippen LogP contribution in [0.4, 0.5) is 5.00 Å². The molecule has 5 nitrogen and oxygen atoms in total. The first kappa shape index (κ1) is 14.1. The fourth-order valence-electron chi connectivity index (χ4n) is 2.34. The minimum absolute atomic E-state index is 0.0415. The molecule has 0 saturated carbocycles. The molecule has 1 aromatic rings. The third-order valence-corrected chi connectivity index (χ3v) is 4.53. The van der Waals surface area contributed by atoms with Gasteiger partial charge >= 0.3 is 0 Å². The Morgan fingerprint density at radius 3 is 2.80 bits per heavy atom. The van der Waals surface area contributed by atoms with Crippen molar-refractivity contribution in [2.24, 2.45) is 11.7 Å². The summed E-state index contributed by atoms with van der Waals surface area (Å²) in [7, 11) is 0. The molecule has 0 bridgehead atoms. The smallest absolute Gasteiger partial charge is 0.251 e. The van der Waals surface area contributed by atoms with E-state index >= 15 is 0 Å². The van der Waals surface area contributed by atoms with E-state index in [9.17, 15) is 4.79 Å². The van der Waals surface area contributed by atoms with Crippen LogP contribution in [0.15, 0.2) is 11.8 Å². The predicted molar refractivity (Wildman–Crippen MR) is 77.0 cm³/mol. The van der Waals surface area contributed by atoms with E-state index in [0.717, 1.165) is 24.8 Å². The fraction of sp³-hybridized carbons (Fsp3) is 0.357. The quantitative estimate of drug-likeness (QED) is 0.832. The van der Waals surface area contributed by atoms with Gasteiger partial charge in [-0.1, -0.05) is 6.92 Å². The zero-order valence-electron chi connectivity index (χ0n) is 11.1. The topological polar surface area (TPSA) is 103 Å². The Balaban J connectivity index is 2.39. The van der Waals surface area contributed by atoms with Crippen LogP contribution in [0.1, 0.15) is 34.1 Å². The maximum absolute atomic E-state index is 11.7. The Bertz CT molecular complexity index is 644. The van der Waals surface area contributed by atoms with Gasteiger partial charge in [-0.05, 0) is 30.7 Å². The molecule has 0 radical (unpaired) electrons. The van der Waals surface area contributed by atoms with Crippen LogP contribution in [0.25, 0.3) is 0 Å². The van der Waals surface area contributed by atoms with Gasteiger partial charge in [0.1, 0.15) is 22.7 Å². The van der Waals surface area contributed by atoms with Crippen LogP contribution >= 0.6 is 11.3 Å². The van der Waals surface area contributed by atoms with Gasteiger partial charge in [0.25, 0.3) is 5.91 Å². The van der Waals surface area contributed by atoms with E-state index in [1.54, 1.807) is 12.1 Å². The highest BCUT2D eigenvalue weighted by molar-refractivity contribution is 7.16. The number of allylic oxidation sites excluding steroid dienone is 1. The molecule has 1 amide bonds.